The van der Waals surface area contributed by atoms with Gasteiger partial charge in [-0.1, -0.05) is 35.0 Å². The third kappa shape index (κ3) is 5.57. The lowest BCUT2D eigenvalue weighted by molar-refractivity contribution is -0.128. The summed E-state index contributed by atoms with van der Waals surface area (Å²) in [6, 6.07) is 13.6. The number of sulfone groups is 1. The molecular weight excluding hydrogens is 418 g/mol. The van der Waals surface area contributed by atoms with Crippen molar-refractivity contribution in [1.29, 1.82) is 0 Å². The third-order valence-corrected chi connectivity index (χ3v) is 5.59. The van der Waals surface area contributed by atoms with E-state index in [1.54, 1.807) is 43.3 Å². The van der Waals surface area contributed by atoms with Crippen LogP contribution in [0.2, 0.25) is 0 Å². The molecule has 2 rings (SSSR count). The number of hydrogen-bond donors (Lipinski definition) is 1. The van der Waals surface area contributed by atoms with Crippen LogP contribution in [0.15, 0.2) is 57.9 Å². The summed E-state index contributed by atoms with van der Waals surface area (Å²) < 4.78 is 29.7. The maximum Gasteiger partial charge on any atom is 0.261 e. The molecule has 0 aliphatic carbocycles. The Hall–Kier alpha value is -1.86. The molecule has 2 atom stereocenters. The Labute approximate surface area is 162 Å². The normalized spacial score (nSPS) is 13.7. The largest absolute Gasteiger partial charge is 0.481 e. The lowest BCUT2D eigenvalue weighted by Gasteiger charge is -2.21. The van der Waals surface area contributed by atoms with Gasteiger partial charge in [-0.25, -0.2) is 8.42 Å². The van der Waals surface area contributed by atoms with Gasteiger partial charge in [0.2, 0.25) is 0 Å². The van der Waals surface area contributed by atoms with Crippen molar-refractivity contribution >= 4 is 31.7 Å². The number of carbonyl (C=O) groups is 1. The molecule has 0 unspecified atom stereocenters. The predicted molar refractivity (Wildman–Crippen MR) is 105 cm³/mol. The molecule has 0 saturated heterocycles. The highest BCUT2D eigenvalue weighted by molar-refractivity contribution is 9.10. The Morgan fingerprint density at radius 2 is 1.69 bits per heavy atom. The van der Waals surface area contributed by atoms with Crippen molar-refractivity contribution in [1.82, 2.24) is 5.32 Å². The first-order valence-corrected chi connectivity index (χ1v) is 10.9. The first-order chi connectivity index (χ1) is 12.2. The van der Waals surface area contributed by atoms with Gasteiger partial charge >= 0.3 is 0 Å². The van der Waals surface area contributed by atoms with Crippen LogP contribution in [0.4, 0.5) is 0 Å². The summed E-state index contributed by atoms with van der Waals surface area (Å²) >= 11 is 3.35. The van der Waals surface area contributed by atoms with Crippen LogP contribution < -0.4 is 10.1 Å². The van der Waals surface area contributed by atoms with Crippen LogP contribution in [0.5, 0.6) is 5.75 Å². The van der Waals surface area contributed by atoms with E-state index in [-0.39, 0.29) is 16.8 Å². The van der Waals surface area contributed by atoms with E-state index < -0.39 is 15.9 Å². The van der Waals surface area contributed by atoms with E-state index in [1.165, 1.54) is 6.26 Å². The highest BCUT2D eigenvalue weighted by atomic mass is 79.9. The molecule has 1 amide bonds. The fourth-order valence-electron chi connectivity index (χ4n) is 2.43. The SMILES string of the molecule is CC[C@@H](NC(=O)[C@@H](C)Oc1ccc(Br)cc1)c1ccc(S(C)(=O)=O)cc1. The summed E-state index contributed by atoms with van der Waals surface area (Å²) in [4.78, 5) is 12.7. The summed E-state index contributed by atoms with van der Waals surface area (Å²) in [5.74, 6) is 0.383. The molecule has 0 bridgehead atoms. The lowest BCUT2D eigenvalue weighted by atomic mass is 10.0. The van der Waals surface area contributed by atoms with Gasteiger partial charge in [0, 0.05) is 10.7 Å². The molecule has 0 spiro atoms. The zero-order valence-electron chi connectivity index (χ0n) is 14.9. The molecule has 26 heavy (non-hydrogen) atoms. The molecule has 2 aromatic rings. The van der Waals surface area contributed by atoms with Crippen LogP contribution in [0.3, 0.4) is 0 Å². The minimum atomic E-state index is -3.24. The Morgan fingerprint density at radius 3 is 2.19 bits per heavy atom. The standard InChI is InChI=1S/C19H22BrNO4S/c1-4-18(14-5-11-17(12-6-14)26(3,23)24)21-19(22)13(2)25-16-9-7-15(20)8-10-16/h5-13,18H,4H2,1-3H3,(H,21,22)/t13-,18-/m1/s1. The highest BCUT2D eigenvalue weighted by Crippen LogP contribution is 2.21. The monoisotopic (exact) mass is 439 g/mol. The molecular formula is C19H22BrNO4S. The maximum atomic E-state index is 12.4. The number of carbonyl (C=O) groups excluding carboxylic acids is 1. The fraction of sp³-hybridized carbons (Fsp3) is 0.316. The highest BCUT2D eigenvalue weighted by Gasteiger charge is 2.20. The first kappa shape index (κ1) is 20.5. The van der Waals surface area contributed by atoms with Gasteiger partial charge in [0.15, 0.2) is 15.9 Å². The maximum absolute atomic E-state index is 12.4. The molecule has 0 fully saturated rings. The van der Waals surface area contributed by atoms with Gasteiger partial charge < -0.3 is 10.1 Å². The van der Waals surface area contributed by atoms with Crippen LogP contribution in [-0.2, 0) is 14.6 Å². The van der Waals surface area contributed by atoms with E-state index in [1.807, 2.05) is 19.1 Å². The molecule has 0 aromatic heterocycles. The van der Waals surface area contributed by atoms with Gasteiger partial charge in [0.25, 0.3) is 5.91 Å². The first-order valence-electron chi connectivity index (χ1n) is 8.23. The van der Waals surface area contributed by atoms with Crippen molar-refractivity contribution in [2.75, 3.05) is 6.26 Å². The van der Waals surface area contributed by atoms with Gasteiger partial charge in [0.05, 0.1) is 10.9 Å². The Balaban J connectivity index is 2.04. The molecule has 0 aliphatic rings. The quantitative estimate of drug-likeness (QED) is 0.709. The molecule has 1 N–H and O–H groups in total. The minimum Gasteiger partial charge on any atom is -0.481 e. The number of amides is 1. The number of ether oxygens (including phenoxy) is 1. The minimum absolute atomic E-state index is 0.216. The van der Waals surface area contributed by atoms with Crippen molar-refractivity contribution in [2.45, 2.75) is 37.3 Å². The average molecular weight is 440 g/mol. The van der Waals surface area contributed by atoms with Crippen LogP contribution in [0.1, 0.15) is 31.9 Å². The molecule has 5 nitrogen and oxygen atoms in total. The second-order valence-corrected chi connectivity index (χ2v) is 8.96. The van der Waals surface area contributed by atoms with Gasteiger partial charge in [-0.05, 0) is 55.3 Å². The van der Waals surface area contributed by atoms with Crippen molar-refractivity contribution < 1.29 is 17.9 Å². The van der Waals surface area contributed by atoms with E-state index >= 15 is 0 Å². The Morgan fingerprint density at radius 1 is 1.12 bits per heavy atom. The van der Waals surface area contributed by atoms with Crippen molar-refractivity contribution in [2.24, 2.45) is 0 Å². The molecule has 0 aliphatic heterocycles. The third-order valence-electron chi connectivity index (χ3n) is 3.93. The van der Waals surface area contributed by atoms with E-state index in [0.29, 0.717) is 12.2 Å². The summed E-state index contributed by atoms with van der Waals surface area (Å²) in [7, 11) is -3.24. The summed E-state index contributed by atoms with van der Waals surface area (Å²) in [5, 5.41) is 2.95. The van der Waals surface area contributed by atoms with Crippen LogP contribution in [0.25, 0.3) is 0 Å². The van der Waals surface area contributed by atoms with Crippen LogP contribution in [0, 0.1) is 0 Å². The van der Waals surface area contributed by atoms with Crippen LogP contribution in [-0.4, -0.2) is 26.7 Å². The second kappa shape index (κ2) is 8.68. The van der Waals surface area contributed by atoms with Gasteiger partial charge in [-0.15, -0.1) is 0 Å². The molecule has 0 heterocycles. The lowest BCUT2D eigenvalue weighted by Crippen LogP contribution is -2.38. The van der Waals surface area contributed by atoms with Gasteiger partial charge in [0.1, 0.15) is 5.75 Å². The molecule has 0 saturated carbocycles. The second-order valence-electron chi connectivity index (χ2n) is 6.02. The van der Waals surface area contributed by atoms with Crippen LogP contribution >= 0.6 is 15.9 Å². The molecule has 2 aromatic carbocycles. The number of hydrogen-bond acceptors (Lipinski definition) is 4. The van der Waals surface area contributed by atoms with Gasteiger partial charge in [-0.3, -0.25) is 4.79 Å². The molecule has 140 valence electrons. The van der Waals surface area contributed by atoms with E-state index in [4.69, 9.17) is 4.74 Å². The predicted octanol–water partition coefficient (Wildman–Crippen LogP) is 3.89. The summed E-state index contributed by atoms with van der Waals surface area (Å²) in [5.41, 5.74) is 0.851. The smallest absolute Gasteiger partial charge is 0.261 e. The Bertz CT molecular complexity index is 848. The van der Waals surface area contributed by atoms with Crippen molar-refractivity contribution in [3.05, 3.63) is 58.6 Å². The summed E-state index contributed by atoms with van der Waals surface area (Å²) in [6.45, 7) is 3.65. The average Bonchev–Trinajstić information content (AvgIpc) is 2.60. The molecule has 7 heteroatoms. The van der Waals surface area contributed by atoms with Crippen molar-refractivity contribution in [3.8, 4) is 5.75 Å². The zero-order chi connectivity index (χ0) is 19.3. The van der Waals surface area contributed by atoms with Gasteiger partial charge in [-0.2, -0.15) is 0 Å². The zero-order valence-corrected chi connectivity index (χ0v) is 17.3. The van der Waals surface area contributed by atoms with E-state index in [2.05, 4.69) is 21.2 Å². The summed E-state index contributed by atoms with van der Waals surface area (Å²) in [6.07, 6.45) is 1.19. The number of benzene rings is 2. The number of nitrogens with one attached hydrogen (secondary N) is 1. The van der Waals surface area contributed by atoms with E-state index in [9.17, 15) is 13.2 Å². The number of rotatable bonds is 7. The van der Waals surface area contributed by atoms with E-state index in [0.717, 1.165) is 10.0 Å². The topological polar surface area (TPSA) is 72.5 Å². The molecule has 0 radical (unpaired) electrons. The van der Waals surface area contributed by atoms with Crippen molar-refractivity contribution in [3.63, 3.8) is 0 Å². The fourth-order valence-corrected chi connectivity index (χ4v) is 3.32. The Kier molecular flexibility index (Phi) is 6.83. The number of halogens is 1.